The Kier molecular flexibility index (Phi) is 5.64. The molecule has 4 nitrogen and oxygen atoms in total. The third-order valence-corrected chi connectivity index (χ3v) is 6.36. The molecule has 0 fully saturated rings. The van der Waals surface area contributed by atoms with Crippen LogP contribution in [0.4, 0.5) is 10.1 Å². The summed E-state index contributed by atoms with van der Waals surface area (Å²) in [4.78, 5) is 21.3. The van der Waals surface area contributed by atoms with Crippen LogP contribution in [0, 0.1) is 12.7 Å². The molecule has 0 saturated carbocycles. The molecule has 0 spiro atoms. The first kappa shape index (κ1) is 18.2. The number of nitrogens with one attached hydrogen (secondary N) is 1. The van der Waals surface area contributed by atoms with Gasteiger partial charge in [-0.3, -0.25) is 4.79 Å². The molecule has 2 atom stereocenters. The van der Waals surface area contributed by atoms with Crippen LogP contribution < -0.4 is 5.32 Å². The number of nitrogens with zero attached hydrogens (tertiary/aromatic N) is 2. The highest BCUT2D eigenvalue weighted by Crippen LogP contribution is 2.48. The maximum atomic E-state index is 12.9. The maximum absolute atomic E-state index is 12.9. The fraction of sp³-hybridized carbons (Fsp3) is 0.389. The van der Waals surface area contributed by atoms with Crippen molar-refractivity contribution >= 4 is 35.1 Å². The van der Waals surface area contributed by atoms with E-state index in [2.05, 4.69) is 29.1 Å². The maximum Gasteiger partial charge on any atom is 0.234 e. The van der Waals surface area contributed by atoms with Crippen LogP contribution in [0.2, 0.25) is 0 Å². The number of rotatable bonds is 5. The predicted molar refractivity (Wildman–Crippen MR) is 101 cm³/mol. The second-order valence-corrected chi connectivity index (χ2v) is 8.31. The van der Waals surface area contributed by atoms with Crippen molar-refractivity contribution in [2.75, 3.05) is 11.1 Å². The van der Waals surface area contributed by atoms with Crippen LogP contribution in [-0.2, 0) is 4.79 Å². The number of carbonyl (C=O) groups excluding carboxylic acids is 1. The Morgan fingerprint density at radius 1 is 1.32 bits per heavy atom. The van der Waals surface area contributed by atoms with Gasteiger partial charge in [-0.2, -0.15) is 0 Å². The van der Waals surface area contributed by atoms with Crippen molar-refractivity contribution in [1.82, 2.24) is 9.97 Å². The fourth-order valence-corrected chi connectivity index (χ4v) is 5.35. The van der Waals surface area contributed by atoms with E-state index in [9.17, 15) is 9.18 Å². The number of aryl methyl sites for hydroxylation is 1. The van der Waals surface area contributed by atoms with Crippen LogP contribution in [0.1, 0.15) is 37.6 Å². The summed E-state index contributed by atoms with van der Waals surface area (Å²) in [7, 11) is 0. The van der Waals surface area contributed by atoms with Gasteiger partial charge in [0.05, 0.1) is 5.75 Å². The van der Waals surface area contributed by atoms with E-state index in [1.165, 1.54) is 29.5 Å². The van der Waals surface area contributed by atoms with Crippen molar-refractivity contribution in [3.05, 3.63) is 41.5 Å². The van der Waals surface area contributed by atoms with Crippen molar-refractivity contribution in [2.45, 2.75) is 48.4 Å². The lowest BCUT2D eigenvalue weighted by Crippen LogP contribution is -2.15. The number of anilines is 1. The first-order valence-corrected chi connectivity index (χ1v) is 10.1. The topological polar surface area (TPSA) is 54.9 Å². The number of hydrogen-bond donors (Lipinski definition) is 1. The Labute approximate surface area is 155 Å². The van der Waals surface area contributed by atoms with Crippen molar-refractivity contribution in [3.8, 4) is 0 Å². The highest BCUT2D eigenvalue weighted by molar-refractivity contribution is 8.01. The summed E-state index contributed by atoms with van der Waals surface area (Å²) in [5, 5.41) is 5.21. The Balaban J connectivity index is 1.71. The first-order chi connectivity index (χ1) is 12.0. The minimum Gasteiger partial charge on any atom is -0.325 e. The zero-order valence-electron chi connectivity index (χ0n) is 14.4. The molecule has 7 heteroatoms. The summed E-state index contributed by atoms with van der Waals surface area (Å²) in [5.41, 5.74) is 1.77. The van der Waals surface area contributed by atoms with Crippen LogP contribution in [0.15, 0.2) is 34.3 Å². The third kappa shape index (κ3) is 4.15. The molecule has 0 aliphatic carbocycles. The Morgan fingerprint density at radius 3 is 2.72 bits per heavy atom. The van der Waals surface area contributed by atoms with Gasteiger partial charge in [0.1, 0.15) is 21.7 Å². The minimum atomic E-state index is -0.323. The number of thioether (sulfide) groups is 2. The SMILES string of the molecule is CC[C@@H]1c2c(SCC(=O)Nc3ccc(F)cc3)nc(C)nc2S[C@@H]1C. The number of halogens is 1. The van der Waals surface area contributed by atoms with Gasteiger partial charge in [0.25, 0.3) is 0 Å². The van der Waals surface area contributed by atoms with E-state index in [0.717, 1.165) is 22.3 Å². The molecule has 0 unspecified atom stereocenters. The number of fused-ring (bicyclic) bond motifs is 1. The molecule has 25 heavy (non-hydrogen) atoms. The summed E-state index contributed by atoms with van der Waals surface area (Å²) in [6.07, 6.45) is 1.03. The van der Waals surface area contributed by atoms with Crippen molar-refractivity contribution in [2.24, 2.45) is 0 Å². The second-order valence-electron chi connectivity index (χ2n) is 5.98. The zero-order valence-corrected chi connectivity index (χ0v) is 16.0. The van der Waals surface area contributed by atoms with Gasteiger partial charge in [-0.1, -0.05) is 25.6 Å². The molecule has 1 aromatic carbocycles. The van der Waals surface area contributed by atoms with E-state index in [1.807, 2.05) is 6.92 Å². The largest absolute Gasteiger partial charge is 0.325 e. The van der Waals surface area contributed by atoms with E-state index in [0.29, 0.717) is 16.9 Å². The highest BCUT2D eigenvalue weighted by atomic mass is 32.2. The van der Waals surface area contributed by atoms with Crippen LogP contribution in [-0.4, -0.2) is 26.9 Å². The van der Waals surface area contributed by atoms with E-state index < -0.39 is 0 Å². The summed E-state index contributed by atoms with van der Waals surface area (Å²) in [6.45, 7) is 6.27. The van der Waals surface area contributed by atoms with Crippen molar-refractivity contribution < 1.29 is 9.18 Å². The third-order valence-electron chi connectivity index (χ3n) is 4.13. The van der Waals surface area contributed by atoms with Crippen molar-refractivity contribution in [3.63, 3.8) is 0 Å². The standard InChI is InChI=1S/C18H20FN3OS2/c1-4-14-10(2)25-18-16(14)17(20-11(3)21-18)24-9-15(23)22-13-7-5-12(19)6-8-13/h5-8,10,14H,4,9H2,1-3H3,(H,22,23)/t10-,14+/m1/s1. The number of hydrogen-bond acceptors (Lipinski definition) is 5. The van der Waals surface area contributed by atoms with Gasteiger partial charge >= 0.3 is 0 Å². The molecule has 1 aliphatic heterocycles. The van der Waals surface area contributed by atoms with Gasteiger partial charge < -0.3 is 5.32 Å². The Bertz CT molecular complexity index is 783. The summed E-state index contributed by atoms with van der Waals surface area (Å²) < 4.78 is 12.9. The summed E-state index contributed by atoms with van der Waals surface area (Å²) in [5.74, 6) is 0.959. The average Bonchev–Trinajstić information content (AvgIpc) is 2.89. The lowest BCUT2D eigenvalue weighted by Gasteiger charge is -2.15. The molecule has 1 aliphatic rings. The highest BCUT2D eigenvalue weighted by Gasteiger charge is 2.33. The van der Waals surface area contributed by atoms with Gasteiger partial charge in [-0.25, -0.2) is 14.4 Å². The fourth-order valence-electron chi connectivity index (χ4n) is 2.94. The predicted octanol–water partition coefficient (Wildman–Crippen LogP) is 4.64. The quantitative estimate of drug-likeness (QED) is 0.607. The molecule has 2 heterocycles. The monoisotopic (exact) mass is 377 g/mol. The molecule has 2 aromatic rings. The molecule has 1 N–H and O–H groups in total. The van der Waals surface area contributed by atoms with Crippen LogP contribution in [0.3, 0.4) is 0 Å². The molecule has 0 bridgehead atoms. The summed E-state index contributed by atoms with van der Waals surface area (Å²) >= 11 is 3.23. The van der Waals surface area contributed by atoms with Gasteiger partial charge in [-0.05, 0) is 37.6 Å². The molecule has 0 radical (unpaired) electrons. The van der Waals surface area contributed by atoms with Gasteiger partial charge in [0.15, 0.2) is 0 Å². The minimum absolute atomic E-state index is 0.131. The average molecular weight is 378 g/mol. The van der Waals surface area contributed by atoms with Crippen LogP contribution in [0.5, 0.6) is 0 Å². The number of amides is 1. The van der Waals surface area contributed by atoms with E-state index in [4.69, 9.17) is 0 Å². The number of benzene rings is 1. The molecular formula is C18H20FN3OS2. The molecule has 3 rings (SSSR count). The summed E-state index contributed by atoms with van der Waals surface area (Å²) in [6, 6.07) is 5.76. The lowest BCUT2D eigenvalue weighted by molar-refractivity contribution is -0.113. The molecule has 1 aromatic heterocycles. The van der Waals surface area contributed by atoms with Crippen LogP contribution in [0.25, 0.3) is 0 Å². The van der Waals surface area contributed by atoms with Crippen molar-refractivity contribution in [1.29, 1.82) is 0 Å². The molecule has 132 valence electrons. The van der Waals surface area contributed by atoms with Gasteiger partial charge in [-0.15, -0.1) is 11.8 Å². The molecule has 1 amide bonds. The smallest absolute Gasteiger partial charge is 0.234 e. The zero-order chi connectivity index (χ0) is 18.0. The number of aromatic nitrogens is 2. The lowest BCUT2D eigenvalue weighted by atomic mass is 9.96. The molecule has 0 saturated heterocycles. The van der Waals surface area contributed by atoms with E-state index in [1.54, 1.807) is 23.9 Å². The Morgan fingerprint density at radius 2 is 2.04 bits per heavy atom. The van der Waals surface area contributed by atoms with Gasteiger partial charge in [0.2, 0.25) is 5.91 Å². The first-order valence-electron chi connectivity index (χ1n) is 8.21. The van der Waals surface area contributed by atoms with Crippen LogP contribution >= 0.6 is 23.5 Å². The molecular weight excluding hydrogens is 357 g/mol. The van der Waals surface area contributed by atoms with E-state index >= 15 is 0 Å². The van der Waals surface area contributed by atoms with Gasteiger partial charge in [0, 0.05) is 22.4 Å². The Hall–Kier alpha value is -1.60. The normalized spacial score (nSPS) is 18.9. The van der Waals surface area contributed by atoms with E-state index in [-0.39, 0.29) is 17.5 Å². The number of carbonyl (C=O) groups is 1. The second kappa shape index (κ2) is 7.74.